The molecule has 4 heteroatoms. The number of halogens is 1. The number of hydrazone groups is 1. The average molecular weight is 313 g/mol. The molecule has 3 rings (SSSR count). The highest BCUT2D eigenvalue weighted by molar-refractivity contribution is 6.32. The van der Waals surface area contributed by atoms with Crippen LogP contribution in [0, 0.1) is 0 Å². The lowest BCUT2D eigenvalue weighted by Crippen LogP contribution is -2.21. The van der Waals surface area contributed by atoms with Crippen LogP contribution in [-0.4, -0.2) is 18.0 Å². The minimum Gasteiger partial charge on any atom is -0.267 e. The summed E-state index contributed by atoms with van der Waals surface area (Å²) in [6, 6.07) is 19.3. The molecular formula is C18H17ClN2O. The van der Waals surface area contributed by atoms with Gasteiger partial charge < -0.3 is 0 Å². The molecule has 0 unspecified atom stereocenters. The summed E-state index contributed by atoms with van der Waals surface area (Å²) in [5, 5.41) is 5.80. The zero-order chi connectivity index (χ0) is 15.9. The Morgan fingerprint density at radius 2 is 1.50 bits per heavy atom. The largest absolute Gasteiger partial charge is 0.280 e. The zero-order valence-corrected chi connectivity index (χ0v) is 13.3. The maximum Gasteiger partial charge on any atom is 0.280 e. The number of anilines is 1. The molecule has 0 bridgehead atoms. The Hall–Kier alpha value is -2.39. The molecule has 0 aromatic heterocycles. The molecular weight excluding hydrogens is 296 g/mol. The first-order valence-corrected chi connectivity index (χ1v) is 7.61. The topological polar surface area (TPSA) is 32.7 Å². The van der Waals surface area contributed by atoms with Crippen molar-refractivity contribution in [2.75, 3.05) is 11.4 Å². The molecule has 1 aliphatic rings. The third-order valence-electron chi connectivity index (χ3n) is 3.17. The molecule has 0 fully saturated rings. The summed E-state index contributed by atoms with van der Waals surface area (Å²) in [5.41, 5.74) is 3.16. The number of hydrogen-bond acceptors (Lipinski definition) is 2. The minimum absolute atomic E-state index is 0.0856. The standard InChI is InChI=1S/C17H14N2O.CH3Cl/c1-13-16(12-14-8-4-2-5-9-14)17(20)19(18-13)15-10-6-3-7-11-15;1-2/h2-12H,1H3;1H3/b16-12+;. The summed E-state index contributed by atoms with van der Waals surface area (Å²) in [7, 11) is 0. The van der Waals surface area contributed by atoms with E-state index in [2.05, 4.69) is 16.7 Å². The Labute approximate surface area is 135 Å². The quantitative estimate of drug-likeness (QED) is 0.599. The second kappa shape index (κ2) is 7.57. The maximum absolute atomic E-state index is 12.5. The predicted molar refractivity (Wildman–Crippen MR) is 93.2 cm³/mol. The van der Waals surface area contributed by atoms with Gasteiger partial charge in [0, 0.05) is 6.38 Å². The van der Waals surface area contributed by atoms with Gasteiger partial charge in [-0.05, 0) is 30.7 Å². The molecule has 0 saturated heterocycles. The summed E-state index contributed by atoms with van der Waals surface area (Å²) < 4.78 is 0. The van der Waals surface area contributed by atoms with Crippen molar-refractivity contribution in [2.24, 2.45) is 5.10 Å². The number of carbonyl (C=O) groups is 1. The molecule has 1 heterocycles. The molecule has 0 saturated carbocycles. The second-order valence-corrected chi connectivity index (χ2v) is 4.61. The van der Waals surface area contributed by atoms with Crippen molar-refractivity contribution in [1.29, 1.82) is 0 Å². The molecule has 0 aliphatic carbocycles. The van der Waals surface area contributed by atoms with Crippen LogP contribution in [0.2, 0.25) is 0 Å². The molecule has 2 aromatic rings. The van der Waals surface area contributed by atoms with Gasteiger partial charge in [0.05, 0.1) is 17.0 Å². The van der Waals surface area contributed by atoms with Gasteiger partial charge in [0.1, 0.15) is 0 Å². The van der Waals surface area contributed by atoms with E-state index in [-0.39, 0.29) is 5.91 Å². The lowest BCUT2D eigenvalue weighted by atomic mass is 10.1. The second-order valence-electron chi connectivity index (χ2n) is 4.61. The fourth-order valence-corrected chi connectivity index (χ4v) is 2.14. The van der Waals surface area contributed by atoms with E-state index in [0.29, 0.717) is 5.57 Å². The molecule has 0 spiro atoms. The number of amides is 1. The highest BCUT2D eigenvalue weighted by Crippen LogP contribution is 2.24. The third kappa shape index (κ3) is 3.43. The van der Waals surface area contributed by atoms with Gasteiger partial charge in [-0.1, -0.05) is 48.5 Å². The van der Waals surface area contributed by atoms with E-state index in [1.54, 1.807) is 0 Å². The van der Waals surface area contributed by atoms with Crippen molar-refractivity contribution in [3.05, 3.63) is 71.8 Å². The number of alkyl halides is 1. The smallest absolute Gasteiger partial charge is 0.267 e. The van der Waals surface area contributed by atoms with Crippen LogP contribution in [0.3, 0.4) is 0 Å². The molecule has 112 valence electrons. The van der Waals surface area contributed by atoms with Crippen molar-refractivity contribution >= 4 is 35.0 Å². The molecule has 0 atom stereocenters. The zero-order valence-electron chi connectivity index (χ0n) is 12.5. The summed E-state index contributed by atoms with van der Waals surface area (Å²) in [4.78, 5) is 12.5. The minimum atomic E-state index is -0.0856. The molecule has 1 aliphatic heterocycles. The van der Waals surface area contributed by atoms with Crippen LogP contribution >= 0.6 is 11.6 Å². The number of nitrogens with zero attached hydrogens (tertiary/aromatic N) is 2. The molecule has 0 N–H and O–H groups in total. The Bertz CT molecular complexity index is 694. The van der Waals surface area contributed by atoms with Crippen LogP contribution < -0.4 is 5.01 Å². The first kappa shape index (κ1) is 16.0. The van der Waals surface area contributed by atoms with Gasteiger partial charge in [0.2, 0.25) is 0 Å². The maximum atomic E-state index is 12.5. The van der Waals surface area contributed by atoms with Crippen LogP contribution in [0.1, 0.15) is 12.5 Å². The Morgan fingerprint density at radius 1 is 0.955 bits per heavy atom. The van der Waals surface area contributed by atoms with Gasteiger partial charge in [-0.3, -0.25) is 4.79 Å². The van der Waals surface area contributed by atoms with Crippen molar-refractivity contribution in [2.45, 2.75) is 6.92 Å². The first-order valence-electron chi connectivity index (χ1n) is 6.85. The molecule has 3 nitrogen and oxygen atoms in total. The monoisotopic (exact) mass is 312 g/mol. The normalized spacial score (nSPS) is 15.4. The van der Waals surface area contributed by atoms with E-state index >= 15 is 0 Å². The van der Waals surface area contributed by atoms with Crippen molar-refractivity contribution < 1.29 is 4.79 Å². The molecule has 1 amide bonds. The van der Waals surface area contributed by atoms with Crippen LogP contribution in [0.15, 0.2) is 71.3 Å². The predicted octanol–water partition coefficient (Wildman–Crippen LogP) is 4.35. The summed E-state index contributed by atoms with van der Waals surface area (Å²) >= 11 is 4.64. The highest BCUT2D eigenvalue weighted by Gasteiger charge is 2.28. The van der Waals surface area contributed by atoms with E-state index in [1.165, 1.54) is 11.4 Å². The third-order valence-corrected chi connectivity index (χ3v) is 3.17. The highest BCUT2D eigenvalue weighted by atomic mass is 35.5. The van der Waals surface area contributed by atoms with Gasteiger partial charge in [-0.25, -0.2) is 0 Å². The summed E-state index contributed by atoms with van der Waals surface area (Å²) in [5.74, 6) is -0.0856. The van der Waals surface area contributed by atoms with Gasteiger partial charge in [-0.15, -0.1) is 11.6 Å². The van der Waals surface area contributed by atoms with Gasteiger partial charge in [-0.2, -0.15) is 10.1 Å². The van der Waals surface area contributed by atoms with Gasteiger partial charge >= 0.3 is 0 Å². The summed E-state index contributed by atoms with van der Waals surface area (Å²) in [6.07, 6.45) is 3.35. The lowest BCUT2D eigenvalue weighted by molar-refractivity contribution is -0.114. The first-order chi connectivity index (χ1) is 10.8. The van der Waals surface area contributed by atoms with E-state index in [0.717, 1.165) is 17.0 Å². The fraction of sp³-hybridized carbons (Fsp3) is 0.111. The van der Waals surface area contributed by atoms with Gasteiger partial charge in [0.15, 0.2) is 0 Å². The molecule has 22 heavy (non-hydrogen) atoms. The summed E-state index contributed by atoms with van der Waals surface area (Å²) in [6.45, 7) is 1.86. The van der Waals surface area contributed by atoms with E-state index < -0.39 is 0 Å². The van der Waals surface area contributed by atoms with Gasteiger partial charge in [0.25, 0.3) is 5.91 Å². The van der Waals surface area contributed by atoms with Crippen molar-refractivity contribution in [3.8, 4) is 0 Å². The fourth-order valence-electron chi connectivity index (χ4n) is 2.14. The molecule has 0 radical (unpaired) electrons. The Balaban J connectivity index is 0.000000847. The lowest BCUT2D eigenvalue weighted by Gasteiger charge is -2.10. The van der Waals surface area contributed by atoms with Crippen LogP contribution in [-0.2, 0) is 4.79 Å². The number of rotatable bonds is 2. The molecule has 2 aromatic carbocycles. The number of para-hydroxylation sites is 1. The number of carbonyl (C=O) groups excluding carboxylic acids is 1. The van der Waals surface area contributed by atoms with Crippen LogP contribution in [0.5, 0.6) is 0 Å². The van der Waals surface area contributed by atoms with Crippen molar-refractivity contribution in [1.82, 2.24) is 0 Å². The Kier molecular flexibility index (Phi) is 5.50. The average Bonchev–Trinajstić information content (AvgIpc) is 2.87. The SMILES string of the molecule is CC1=NN(c2ccccc2)C(=O)/C1=C/c1ccccc1.CCl. The van der Waals surface area contributed by atoms with E-state index in [4.69, 9.17) is 0 Å². The van der Waals surface area contributed by atoms with E-state index in [1.807, 2.05) is 73.7 Å². The van der Waals surface area contributed by atoms with E-state index in [9.17, 15) is 4.79 Å². The number of benzene rings is 2. The van der Waals surface area contributed by atoms with Crippen molar-refractivity contribution in [3.63, 3.8) is 0 Å². The Morgan fingerprint density at radius 3 is 2.09 bits per heavy atom. The van der Waals surface area contributed by atoms with Crippen LogP contribution in [0.4, 0.5) is 5.69 Å². The van der Waals surface area contributed by atoms with Crippen LogP contribution in [0.25, 0.3) is 6.08 Å². The number of hydrogen-bond donors (Lipinski definition) is 0.